The van der Waals surface area contributed by atoms with Gasteiger partial charge in [-0.3, -0.25) is 0 Å². The van der Waals surface area contributed by atoms with E-state index in [9.17, 15) is 0 Å². The summed E-state index contributed by atoms with van der Waals surface area (Å²) in [5, 5.41) is 0. The van der Waals surface area contributed by atoms with Crippen LogP contribution in [0.25, 0.3) is 0 Å². The lowest BCUT2D eigenvalue weighted by molar-refractivity contribution is -0.111. The molecule has 0 aromatic heterocycles. The number of fused-ring (bicyclic) bond motifs is 1. The first-order chi connectivity index (χ1) is 8.94. The molecule has 2 saturated heterocycles. The summed E-state index contributed by atoms with van der Waals surface area (Å²) in [4.78, 5) is 3.40. The number of piperidine rings is 1. The lowest BCUT2D eigenvalue weighted by atomic mass is 9.90. The van der Waals surface area contributed by atoms with Crippen molar-refractivity contribution in [2.75, 3.05) is 0 Å². The highest BCUT2D eigenvalue weighted by Crippen LogP contribution is 2.52. The van der Waals surface area contributed by atoms with Crippen LogP contribution in [0.5, 0.6) is 0 Å². The summed E-state index contributed by atoms with van der Waals surface area (Å²) in [5.74, 6) is 0. The van der Waals surface area contributed by atoms with Crippen LogP contribution >= 0.6 is 12.2 Å². The molecule has 2 fully saturated rings. The Kier molecular flexibility index (Phi) is 2.95. The SMILES string of the molecule is CC1(C)O[C@@]2(C)CCCC(=S)N2[C@@H]1c1ccccc1. The minimum Gasteiger partial charge on any atom is -0.348 e. The Bertz CT molecular complexity index is 499. The van der Waals surface area contributed by atoms with Gasteiger partial charge in [-0.1, -0.05) is 42.5 Å². The van der Waals surface area contributed by atoms with Crippen molar-refractivity contribution in [2.24, 2.45) is 0 Å². The average Bonchev–Trinajstić information content (AvgIpc) is 2.56. The molecular weight excluding hydrogens is 254 g/mol. The van der Waals surface area contributed by atoms with Gasteiger partial charge in [0.1, 0.15) is 5.72 Å². The van der Waals surface area contributed by atoms with Crippen LogP contribution in [-0.2, 0) is 4.74 Å². The Balaban J connectivity index is 2.08. The van der Waals surface area contributed by atoms with Gasteiger partial charge in [-0.2, -0.15) is 0 Å². The molecule has 1 aromatic rings. The topological polar surface area (TPSA) is 12.5 Å². The van der Waals surface area contributed by atoms with Gasteiger partial charge in [0.2, 0.25) is 0 Å². The molecular formula is C16H21NOS. The van der Waals surface area contributed by atoms with Crippen LogP contribution in [0.3, 0.4) is 0 Å². The van der Waals surface area contributed by atoms with E-state index >= 15 is 0 Å². The monoisotopic (exact) mass is 275 g/mol. The summed E-state index contributed by atoms with van der Waals surface area (Å²) in [7, 11) is 0. The van der Waals surface area contributed by atoms with Crippen LogP contribution in [0.2, 0.25) is 0 Å². The third-order valence-electron chi connectivity index (χ3n) is 4.32. The Morgan fingerprint density at radius 3 is 2.58 bits per heavy atom. The summed E-state index contributed by atoms with van der Waals surface area (Å²) in [5.41, 5.74) is 0.838. The van der Waals surface area contributed by atoms with Gasteiger partial charge >= 0.3 is 0 Å². The van der Waals surface area contributed by atoms with Crippen molar-refractivity contribution in [2.45, 2.75) is 57.4 Å². The fourth-order valence-corrected chi connectivity index (χ4v) is 4.15. The summed E-state index contributed by atoms with van der Waals surface area (Å²) in [6, 6.07) is 10.8. The number of nitrogens with zero attached hydrogens (tertiary/aromatic N) is 1. The second-order valence-corrected chi connectivity index (χ2v) is 6.78. The fourth-order valence-electron chi connectivity index (χ4n) is 3.71. The molecule has 3 rings (SSSR count). The largest absolute Gasteiger partial charge is 0.348 e. The van der Waals surface area contributed by atoms with Crippen LogP contribution in [0.15, 0.2) is 30.3 Å². The molecule has 3 heteroatoms. The maximum absolute atomic E-state index is 6.42. The molecule has 0 amide bonds. The van der Waals surface area contributed by atoms with Crippen LogP contribution < -0.4 is 0 Å². The van der Waals surface area contributed by atoms with E-state index in [-0.39, 0.29) is 17.4 Å². The van der Waals surface area contributed by atoms with Crippen LogP contribution in [-0.4, -0.2) is 21.2 Å². The first-order valence-corrected chi connectivity index (χ1v) is 7.42. The van der Waals surface area contributed by atoms with Crippen molar-refractivity contribution < 1.29 is 4.74 Å². The summed E-state index contributed by atoms with van der Waals surface area (Å²) < 4.78 is 6.42. The Morgan fingerprint density at radius 1 is 1.21 bits per heavy atom. The smallest absolute Gasteiger partial charge is 0.140 e. The number of thiocarbonyl (C=S) groups is 1. The van der Waals surface area contributed by atoms with Gasteiger partial charge in [-0.25, -0.2) is 0 Å². The van der Waals surface area contributed by atoms with Crippen molar-refractivity contribution in [1.29, 1.82) is 0 Å². The Labute approximate surface area is 120 Å². The van der Waals surface area contributed by atoms with Gasteiger partial charge in [-0.05, 0) is 45.6 Å². The highest BCUT2D eigenvalue weighted by molar-refractivity contribution is 7.80. The van der Waals surface area contributed by atoms with E-state index in [1.165, 1.54) is 5.56 Å². The summed E-state index contributed by atoms with van der Waals surface area (Å²) >= 11 is 5.64. The predicted molar refractivity (Wildman–Crippen MR) is 81.0 cm³/mol. The molecule has 0 N–H and O–H groups in total. The second kappa shape index (κ2) is 4.29. The molecule has 2 nitrogen and oxygen atoms in total. The maximum Gasteiger partial charge on any atom is 0.140 e. The minimum absolute atomic E-state index is 0.214. The van der Waals surface area contributed by atoms with Crippen molar-refractivity contribution >= 4 is 17.2 Å². The molecule has 0 bridgehead atoms. The van der Waals surface area contributed by atoms with Crippen molar-refractivity contribution in [3.05, 3.63) is 35.9 Å². The van der Waals surface area contributed by atoms with E-state index in [1.54, 1.807) is 0 Å². The van der Waals surface area contributed by atoms with E-state index in [2.05, 4.69) is 56.0 Å². The number of hydrogen-bond donors (Lipinski definition) is 0. The number of ether oxygens (including phenoxy) is 1. The predicted octanol–water partition coefficient (Wildman–Crippen LogP) is 4.07. The molecule has 0 unspecified atom stereocenters. The van der Waals surface area contributed by atoms with Crippen LogP contribution in [0.4, 0.5) is 0 Å². The number of benzene rings is 1. The molecule has 1 aromatic carbocycles. The summed E-state index contributed by atoms with van der Waals surface area (Å²) in [6.07, 6.45) is 3.19. The molecule has 2 aliphatic heterocycles. The van der Waals surface area contributed by atoms with Crippen molar-refractivity contribution in [3.8, 4) is 0 Å². The molecule has 2 aliphatic rings. The number of rotatable bonds is 1. The third kappa shape index (κ3) is 2.00. The zero-order chi connectivity index (χ0) is 13.7. The molecule has 0 aliphatic carbocycles. The fraction of sp³-hybridized carbons (Fsp3) is 0.562. The van der Waals surface area contributed by atoms with Gasteiger partial charge in [0.25, 0.3) is 0 Å². The van der Waals surface area contributed by atoms with Crippen molar-refractivity contribution in [3.63, 3.8) is 0 Å². The lowest BCUT2D eigenvalue weighted by Gasteiger charge is -2.42. The van der Waals surface area contributed by atoms with E-state index in [0.717, 1.165) is 24.3 Å². The second-order valence-electron chi connectivity index (χ2n) is 6.31. The van der Waals surface area contributed by atoms with E-state index < -0.39 is 0 Å². The average molecular weight is 275 g/mol. The molecule has 19 heavy (non-hydrogen) atoms. The van der Waals surface area contributed by atoms with Crippen LogP contribution in [0, 0.1) is 0 Å². The third-order valence-corrected chi connectivity index (χ3v) is 4.73. The Morgan fingerprint density at radius 2 is 1.89 bits per heavy atom. The number of hydrogen-bond acceptors (Lipinski definition) is 2. The van der Waals surface area contributed by atoms with Crippen LogP contribution in [0.1, 0.15) is 51.6 Å². The molecule has 0 radical (unpaired) electrons. The van der Waals surface area contributed by atoms with Gasteiger partial charge in [0.15, 0.2) is 0 Å². The maximum atomic E-state index is 6.42. The van der Waals surface area contributed by atoms with Gasteiger partial charge < -0.3 is 9.64 Å². The van der Waals surface area contributed by atoms with Gasteiger partial charge in [0.05, 0.1) is 16.6 Å². The molecule has 2 heterocycles. The highest BCUT2D eigenvalue weighted by atomic mass is 32.1. The molecule has 2 atom stereocenters. The zero-order valence-electron chi connectivity index (χ0n) is 11.8. The van der Waals surface area contributed by atoms with Crippen molar-refractivity contribution in [1.82, 2.24) is 4.90 Å². The zero-order valence-corrected chi connectivity index (χ0v) is 12.7. The minimum atomic E-state index is -0.237. The van der Waals surface area contributed by atoms with E-state index in [1.807, 2.05) is 0 Å². The van der Waals surface area contributed by atoms with E-state index in [0.29, 0.717) is 0 Å². The normalized spacial score (nSPS) is 33.3. The standard InChI is InChI=1S/C16H21NOS/c1-15(2)14(12-8-5-4-6-9-12)17-13(19)10-7-11-16(17,3)18-15/h4-6,8-9,14H,7,10-11H2,1-3H3/t14-,16+/m1/s1. The molecule has 0 saturated carbocycles. The first kappa shape index (κ1) is 13.1. The molecule has 0 spiro atoms. The quantitative estimate of drug-likeness (QED) is 0.717. The first-order valence-electron chi connectivity index (χ1n) is 7.01. The lowest BCUT2D eigenvalue weighted by Crippen LogP contribution is -2.49. The highest BCUT2D eigenvalue weighted by Gasteiger charge is 2.56. The Hall–Kier alpha value is -0.930. The van der Waals surface area contributed by atoms with Gasteiger partial charge in [-0.15, -0.1) is 0 Å². The van der Waals surface area contributed by atoms with Gasteiger partial charge in [0, 0.05) is 0 Å². The summed E-state index contributed by atoms with van der Waals surface area (Å²) in [6.45, 7) is 6.54. The molecule has 102 valence electrons. The van der Waals surface area contributed by atoms with E-state index in [4.69, 9.17) is 17.0 Å².